The normalized spacial score (nSPS) is 38.5. The molecule has 0 bridgehead atoms. The van der Waals surface area contributed by atoms with Crippen LogP contribution in [0, 0.1) is 23.2 Å². The van der Waals surface area contributed by atoms with Gasteiger partial charge < -0.3 is 0 Å². The van der Waals surface area contributed by atoms with Gasteiger partial charge in [0.15, 0.2) is 0 Å². The first-order valence-electron chi connectivity index (χ1n) is 8.74. The molecule has 4 unspecified atom stereocenters. The Balaban J connectivity index is 1.67. The van der Waals surface area contributed by atoms with Crippen molar-refractivity contribution >= 4 is 0 Å². The maximum Gasteiger partial charge on any atom is -0.0128 e. The van der Waals surface area contributed by atoms with Crippen LogP contribution in [0.15, 0.2) is 24.3 Å². The van der Waals surface area contributed by atoms with Crippen molar-refractivity contribution in [3.05, 3.63) is 35.4 Å². The van der Waals surface area contributed by atoms with E-state index in [9.17, 15) is 0 Å². The maximum atomic E-state index is 2.54. The summed E-state index contributed by atoms with van der Waals surface area (Å²) in [5, 5.41) is 0. The van der Waals surface area contributed by atoms with Crippen LogP contribution in [-0.4, -0.2) is 0 Å². The van der Waals surface area contributed by atoms with Gasteiger partial charge in [-0.25, -0.2) is 0 Å². The van der Waals surface area contributed by atoms with Crippen molar-refractivity contribution in [3.8, 4) is 0 Å². The van der Waals surface area contributed by atoms with Gasteiger partial charge in [-0.15, -0.1) is 0 Å². The molecular formula is C20H28. The molecule has 4 rings (SSSR count). The maximum absolute atomic E-state index is 2.54. The minimum absolute atomic E-state index is 0.602. The Hall–Kier alpha value is -0.780. The quantitative estimate of drug-likeness (QED) is 0.577. The van der Waals surface area contributed by atoms with E-state index in [-0.39, 0.29) is 0 Å². The molecule has 2 saturated carbocycles. The summed E-state index contributed by atoms with van der Waals surface area (Å²) in [6.07, 6.45) is 10.2. The van der Waals surface area contributed by atoms with Gasteiger partial charge in [-0.1, -0.05) is 44.5 Å². The van der Waals surface area contributed by atoms with Crippen LogP contribution in [0.3, 0.4) is 0 Å². The highest BCUT2D eigenvalue weighted by atomic mass is 14.5. The third-order valence-corrected chi connectivity index (χ3v) is 6.94. The van der Waals surface area contributed by atoms with Crippen molar-refractivity contribution in [1.82, 2.24) is 0 Å². The van der Waals surface area contributed by atoms with Gasteiger partial charge in [0, 0.05) is 0 Å². The molecule has 0 aliphatic heterocycles. The molecule has 2 fully saturated rings. The van der Waals surface area contributed by atoms with Crippen LogP contribution in [0.25, 0.3) is 0 Å². The van der Waals surface area contributed by atoms with Crippen LogP contribution < -0.4 is 0 Å². The molecular weight excluding hydrogens is 240 g/mol. The van der Waals surface area contributed by atoms with E-state index < -0.39 is 0 Å². The van der Waals surface area contributed by atoms with Gasteiger partial charge in [0.1, 0.15) is 0 Å². The molecule has 0 radical (unpaired) electrons. The van der Waals surface area contributed by atoms with Crippen LogP contribution in [-0.2, 0) is 6.42 Å². The van der Waals surface area contributed by atoms with Gasteiger partial charge in [0.05, 0.1) is 0 Å². The number of rotatable bonds is 0. The highest BCUT2D eigenvalue weighted by Gasteiger charge is 2.48. The predicted molar refractivity (Wildman–Crippen MR) is 84.8 cm³/mol. The Morgan fingerprint density at radius 3 is 2.70 bits per heavy atom. The van der Waals surface area contributed by atoms with Crippen LogP contribution in [0.2, 0.25) is 0 Å². The van der Waals surface area contributed by atoms with Crippen molar-refractivity contribution in [2.24, 2.45) is 23.2 Å². The summed E-state index contributed by atoms with van der Waals surface area (Å²) in [6, 6.07) is 9.30. The molecule has 20 heavy (non-hydrogen) atoms. The number of hydrogen-bond donors (Lipinski definition) is 0. The van der Waals surface area contributed by atoms with E-state index in [4.69, 9.17) is 0 Å². The standard InChI is InChI=1S/C20H28/c1-20(2)13-5-8-18-17-10-9-14-6-3-4-7-15(14)16(17)11-12-19(18)20/h3-4,6-7,16-19H,5,8-13H2,1-2H3. The number of benzene rings is 1. The fourth-order valence-electron chi connectivity index (χ4n) is 6.00. The lowest BCUT2D eigenvalue weighted by molar-refractivity contribution is -0.0121. The van der Waals surface area contributed by atoms with Crippen LogP contribution >= 0.6 is 0 Å². The monoisotopic (exact) mass is 268 g/mol. The molecule has 0 N–H and O–H groups in total. The topological polar surface area (TPSA) is 0 Å². The van der Waals surface area contributed by atoms with Gasteiger partial charge in [-0.3, -0.25) is 0 Å². The summed E-state index contributed by atoms with van der Waals surface area (Å²) in [7, 11) is 0. The molecule has 3 aliphatic rings. The highest BCUT2D eigenvalue weighted by Crippen LogP contribution is 2.58. The van der Waals surface area contributed by atoms with E-state index in [1.54, 1.807) is 11.1 Å². The van der Waals surface area contributed by atoms with Crippen molar-refractivity contribution < 1.29 is 0 Å². The zero-order chi connectivity index (χ0) is 13.7. The lowest BCUT2D eigenvalue weighted by atomic mass is 9.51. The SMILES string of the molecule is CC1(C)CCCC2C3CCc4ccccc4C3CCC21. The first kappa shape index (κ1) is 12.9. The van der Waals surface area contributed by atoms with E-state index >= 15 is 0 Å². The van der Waals surface area contributed by atoms with E-state index in [1.807, 2.05) is 0 Å². The van der Waals surface area contributed by atoms with E-state index in [2.05, 4.69) is 38.1 Å². The Morgan fingerprint density at radius 2 is 1.80 bits per heavy atom. The van der Waals surface area contributed by atoms with Crippen molar-refractivity contribution in [2.45, 2.75) is 64.7 Å². The lowest BCUT2D eigenvalue weighted by Crippen LogP contribution is -2.44. The Bertz CT molecular complexity index is 499. The first-order valence-corrected chi connectivity index (χ1v) is 8.74. The molecule has 0 nitrogen and oxygen atoms in total. The van der Waals surface area contributed by atoms with Crippen molar-refractivity contribution in [2.75, 3.05) is 0 Å². The molecule has 0 saturated heterocycles. The fraction of sp³-hybridized carbons (Fsp3) is 0.700. The molecule has 0 heteroatoms. The van der Waals surface area contributed by atoms with Gasteiger partial charge in [0.2, 0.25) is 0 Å². The fourth-order valence-corrected chi connectivity index (χ4v) is 6.00. The largest absolute Gasteiger partial charge is 0.0620 e. The summed E-state index contributed by atoms with van der Waals surface area (Å²) in [5.41, 5.74) is 3.97. The Labute approximate surface area is 124 Å². The van der Waals surface area contributed by atoms with Crippen LogP contribution in [0.5, 0.6) is 0 Å². The van der Waals surface area contributed by atoms with E-state index in [1.165, 1.54) is 44.9 Å². The molecule has 0 amide bonds. The molecule has 1 aromatic carbocycles. The predicted octanol–water partition coefficient (Wildman–Crippen LogP) is 5.57. The molecule has 0 spiro atoms. The van der Waals surface area contributed by atoms with Gasteiger partial charge in [-0.05, 0) is 78.7 Å². The summed E-state index contributed by atoms with van der Waals surface area (Å²) in [4.78, 5) is 0. The Kier molecular flexibility index (Phi) is 2.98. The summed E-state index contributed by atoms with van der Waals surface area (Å²) < 4.78 is 0. The molecule has 0 heterocycles. The van der Waals surface area contributed by atoms with Crippen molar-refractivity contribution in [1.29, 1.82) is 0 Å². The van der Waals surface area contributed by atoms with Crippen molar-refractivity contribution in [3.63, 3.8) is 0 Å². The number of fused-ring (bicyclic) bond motifs is 5. The molecule has 4 atom stereocenters. The average Bonchev–Trinajstić information content (AvgIpc) is 2.46. The molecule has 108 valence electrons. The highest BCUT2D eigenvalue weighted by molar-refractivity contribution is 5.34. The van der Waals surface area contributed by atoms with Crippen LogP contribution in [0.1, 0.15) is 69.4 Å². The molecule has 0 aromatic heterocycles. The molecule has 3 aliphatic carbocycles. The Morgan fingerprint density at radius 1 is 0.950 bits per heavy atom. The third-order valence-electron chi connectivity index (χ3n) is 6.94. The minimum Gasteiger partial charge on any atom is -0.0620 e. The van der Waals surface area contributed by atoms with Gasteiger partial charge in [-0.2, -0.15) is 0 Å². The number of aryl methyl sites for hydroxylation is 1. The van der Waals surface area contributed by atoms with E-state index in [0.29, 0.717) is 5.41 Å². The third kappa shape index (κ3) is 1.87. The zero-order valence-electron chi connectivity index (χ0n) is 13.1. The minimum atomic E-state index is 0.602. The number of hydrogen-bond acceptors (Lipinski definition) is 0. The summed E-state index contributed by atoms with van der Waals surface area (Å²) >= 11 is 0. The zero-order valence-corrected chi connectivity index (χ0v) is 13.1. The first-order chi connectivity index (χ1) is 9.67. The van der Waals surface area contributed by atoms with E-state index in [0.717, 1.165) is 23.7 Å². The van der Waals surface area contributed by atoms with Crippen LogP contribution in [0.4, 0.5) is 0 Å². The second-order valence-corrected chi connectivity index (χ2v) is 8.24. The van der Waals surface area contributed by atoms with Gasteiger partial charge >= 0.3 is 0 Å². The van der Waals surface area contributed by atoms with Gasteiger partial charge in [0.25, 0.3) is 0 Å². The molecule has 1 aromatic rings. The lowest BCUT2D eigenvalue weighted by Gasteiger charge is -2.54. The average molecular weight is 268 g/mol. The second kappa shape index (κ2) is 4.61. The second-order valence-electron chi connectivity index (χ2n) is 8.24. The smallest absolute Gasteiger partial charge is 0.0128 e. The summed E-state index contributed by atoms with van der Waals surface area (Å²) in [6.45, 7) is 5.09. The summed E-state index contributed by atoms with van der Waals surface area (Å²) in [5.74, 6) is 3.90.